The topological polar surface area (TPSA) is 82.5 Å². The van der Waals surface area contributed by atoms with Crippen molar-refractivity contribution in [2.75, 3.05) is 19.5 Å². The van der Waals surface area contributed by atoms with Gasteiger partial charge in [-0.05, 0) is 43.4 Å². The third kappa shape index (κ3) is 4.05. The van der Waals surface area contributed by atoms with Crippen LogP contribution in [0.3, 0.4) is 0 Å². The van der Waals surface area contributed by atoms with E-state index in [2.05, 4.69) is 5.32 Å². The van der Waals surface area contributed by atoms with Crippen LogP contribution in [0.1, 0.15) is 23.3 Å². The highest BCUT2D eigenvalue weighted by Gasteiger charge is 2.23. The summed E-state index contributed by atoms with van der Waals surface area (Å²) < 4.78 is 12.1. The molecular formula is C26H25N3O4S. The van der Waals surface area contributed by atoms with Crippen molar-refractivity contribution >= 4 is 33.1 Å². The molecule has 0 spiro atoms. The zero-order chi connectivity index (χ0) is 23.7. The normalized spacial score (nSPS) is 12.9. The third-order valence-corrected chi connectivity index (χ3v) is 7.28. The predicted octanol–water partition coefficient (Wildman–Crippen LogP) is 4.66. The van der Waals surface area contributed by atoms with Crippen LogP contribution in [0.2, 0.25) is 0 Å². The number of benzene rings is 2. The number of amides is 1. The fourth-order valence-corrected chi connectivity index (χ4v) is 5.68. The molecule has 5 rings (SSSR count). The van der Waals surface area contributed by atoms with E-state index in [1.165, 1.54) is 16.6 Å². The molecule has 2 aromatic heterocycles. The summed E-state index contributed by atoms with van der Waals surface area (Å²) in [6.07, 6.45) is 4.06. The van der Waals surface area contributed by atoms with E-state index in [-0.39, 0.29) is 18.0 Å². The van der Waals surface area contributed by atoms with E-state index in [0.29, 0.717) is 28.4 Å². The van der Waals surface area contributed by atoms with E-state index in [4.69, 9.17) is 14.5 Å². The Morgan fingerprint density at radius 3 is 2.65 bits per heavy atom. The van der Waals surface area contributed by atoms with E-state index < -0.39 is 0 Å². The first-order valence-corrected chi connectivity index (χ1v) is 12.0. The fraction of sp³-hybridized carbons (Fsp3) is 0.269. The molecular weight excluding hydrogens is 450 g/mol. The van der Waals surface area contributed by atoms with Gasteiger partial charge in [-0.2, -0.15) is 0 Å². The van der Waals surface area contributed by atoms with Gasteiger partial charge in [0.05, 0.1) is 25.3 Å². The molecule has 0 radical (unpaired) electrons. The van der Waals surface area contributed by atoms with Crippen LogP contribution >= 0.6 is 11.3 Å². The van der Waals surface area contributed by atoms with Crippen LogP contribution < -0.4 is 20.3 Å². The monoisotopic (exact) mass is 475 g/mol. The molecule has 174 valence electrons. The lowest BCUT2D eigenvalue weighted by Crippen LogP contribution is -2.30. The highest BCUT2D eigenvalue weighted by Crippen LogP contribution is 2.35. The number of thiophene rings is 1. The van der Waals surface area contributed by atoms with E-state index in [0.717, 1.165) is 41.6 Å². The van der Waals surface area contributed by atoms with Crippen molar-refractivity contribution in [2.24, 2.45) is 0 Å². The molecule has 1 aliphatic carbocycles. The molecule has 0 atom stereocenters. The second-order valence-electron chi connectivity index (χ2n) is 8.20. The molecule has 34 heavy (non-hydrogen) atoms. The number of hydrogen-bond donors (Lipinski definition) is 1. The molecule has 0 saturated carbocycles. The Morgan fingerprint density at radius 2 is 1.88 bits per heavy atom. The van der Waals surface area contributed by atoms with E-state index in [1.807, 2.05) is 30.3 Å². The van der Waals surface area contributed by atoms with Gasteiger partial charge in [-0.15, -0.1) is 11.3 Å². The van der Waals surface area contributed by atoms with Gasteiger partial charge in [0.1, 0.15) is 28.7 Å². The molecule has 8 heteroatoms. The van der Waals surface area contributed by atoms with Crippen LogP contribution in [0.15, 0.2) is 53.3 Å². The highest BCUT2D eigenvalue weighted by atomic mass is 32.1. The summed E-state index contributed by atoms with van der Waals surface area (Å²) in [6, 6.07) is 14.7. The van der Waals surface area contributed by atoms with Gasteiger partial charge < -0.3 is 14.8 Å². The smallest absolute Gasteiger partial charge is 0.263 e. The molecule has 0 unspecified atom stereocenters. The number of hydrogen-bond acceptors (Lipinski definition) is 6. The van der Waals surface area contributed by atoms with Crippen molar-refractivity contribution in [2.45, 2.75) is 32.2 Å². The Kier molecular flexibility index (Phi) is 6.06. The predicted molar refractivity (Wildman–Crippen MR) is 134 cm³/mol. The number of ether oxygens (including phenoxy) is 2. The molecule has 7 nitrogen and oxygen atoms in total. The van der Waals surface area contributed by atoms with Crippen LogP contribution in [0, 0.1) is 0 Å². The van der Waals surface area contributed by atoms with E-state index in [9.17, 15) is 9.59 Å². The van der Waals surface area contributed by atoms with Gasteiger partial charge in [0.2, 0.25) is 5.91 Å². The van der Waals surface area contributed by atoms with Crippen LogP contribution in [-0.2, 0) is 24.2 Å². The number of nitrogens with zero attached hydrogens (tertiary/aromatic N) is 2. The molecule has 2 heterocycles. The van der Waals surface area contributed by atoms with Crippen molar-refractivity contribution in [3.8, 4) is 22.9 Å². The molecule has 0 fully saturated rings. The highest BCUT2D eigenvalue weighted by molar-refractivity contribution is 7.18. The minimum Gasteiger partial charge on any atom is -0.497 e. The maximum Gasteiger partial charge on any atom is 0.263 e. The summed E-state index contributed by atoms with van der Waals surface area (Å²) in [5, 5.41) is 3.53. The summed E-state index contributed by atoms with van der Waals surface area (Å²) in [4.78, 5) is 33.8. The minimum absolute atomic E-state index is 0.161. The summed E-state index contributed by atoms with van der Waals surface area (Å²) in [5.74, 6) is 1.25. The van der Waals surface area contributed by atoms with Crippen molar-refractivity contribution in [1.82, 2.24) is 9.55 Å². The van der Waals surface area contributed by atoms with E-state index in [1.54, 1.807) is 36.6 Å². The van der Waals surface area contributed by atoms with E-state index >= 15 is 0 Å². The first-order chi connectivity index (χ1) is 16.6. The molecule has 0 bridgehead atoms. The van der Waals surface area contributed by atoms with Crippen LogP contribution in [0.5, 0.6) is 11.5 Å². The van der Waals surface area contributed by atoms with Gasteiger partial charge in [-0.25, -0.2) is 4.98 Å². The molecule has 0 aliphatic heterocycles. The first kappa shape index (κ1) is 22.2. The SMILES string of the molecule is COc1ccc(NC(=O)Cn2c(-c3ccccc3)nc3sc4c(c3c2=O)CCCC4)c(OC)c1. The number of nitrogens with one attached hydrogen (secondary N) is 1. The largest absolute Gasteiger partial charge is 0.497 e. The number of methoxy groups -OCH3 is 2. The molecule has 0 saturated heterocycles. The average Bonchev–Trinajstić information content (AvgIpc) is 3.25. The lowest BCUT2D eigenvalue weighted by molar-refractivity contribution is -0.116. The lowest BCUT2D eigenvalue weighted by Gasteiger charge is -2.15. The van der Waals surface area contributed by atoms with Gasteiger partial charge in [0.25, 0.3) is 5.56 Å². The first-order valence-electron chi connectivity index (χ1n) is 11.2. The van der Waals surface area contributed by atoms with Crippen LogP contribution in [-0.4, -0.2) is 29.7 Å². The Balaban J connectivity index is 1.57. The van der Waals surface area contributed by atoms with Gasteiger partial charge in [0.15, 0.2) is 0 Å². The maximum absolute atomic E-state index is 13.8. The number of fused-ring (bicyclic) bond motifs is 3. The van der Waals surface area contributed by atoms with Crippen LogP contribution in [0.25, 0.3) is 21.6 Å². The quantitative estimate of drug-likeness (QED) is 0.439. The summed E-state index contributed by atoms with van der Waals surface area (Å²) in [6.45, 7) is -0.161. The zero-order valence-electron chi connectivity index (χ0n) is 19.1. The molecule has 1 aliphatic rings. The minimum atomic E-state index is -0.340. The Bertz CT molecular complexity index is 1430. The molecule has 2 aromatic carbocycles. The summed E-state index contributed by atoms with van der Waals surface area (Å²) in [5.41, 5.74) is 2.24. The van der Waals surface area contributed by atoms with Gasteiger partial charge in [-0.3, -0.25) is 14.2 Å². The van der Waals surface area contributed by atoms with Gasteiger partial charge in [0, 0.05) is 16.5 Å². The Labute approximate surface area is 201 Å². The molecule has 1 amide bonds. The van der Waals surface area contributed by atoms with Gasteiger partial charge in [-0.1, -0.05) is 30.3 Å². The number of anilines is 1. The number of aryl methyl sites for hydroxylation is 2. The lowest BCUT2D eigenvalue weighted by atomic mass is 9.97. The van der Waals surface area contributed by atoms with Crippen LogP contribution in [0.4, 0.5) is 5.69 Å². The van der Waals surface area contributed by atoms with Gasteiger partial charge >= 0.3 is 0 Å². The number of rotatable bonds is 6. The fourth-order valence-electron chi connectivity index (χ4n) is 4.43. The Hall–Kier alpha value is -3.65. The zero-order valence-corrected chi connectivity index (χ0v) is 19.9. The second kappa shape index (κ2) is 9.30. The standard InChI is InChI=1S/C26H25N3O4S/c1-32-17-12-13-19(20(14-17)33-2)27-22(30)15-29-24(16-8-4-3-5-9-16)28-25-23(26(29)31)18-10-6-7-11-21(18)34-25/h3-5,8-9,12-14H,6-7,10-11,15H2,1-2H3,(H,27,30). The Morgan fingerprint density at radius 1 is 1.09 bits per heavy atom. The number of aromatic nitrogens is 2. The second-order valence-corrected chi connectivity index (χ2v) is 9.28. The van der Waals surface area contributed by atoms with Crippen molar-refractivity contribution in [3.05, 3.63) is 69.3 Å². The molecule has 1 N–H and O–H groups in total. The number of carbonyl (C=O) groups excluding carboxylic acids is 1. The van der Waals surface area contributed by atoms with Crippen molar-refractivity contribution in [1.29, 1.82) is 0 Å². The summed E-state index contributed by atoms with van der Waals surface area (Å²) >= 11 is 1.61. The van der Waals surface area contributed by atoms with Crippen molar-refractivity contribution < 1.29 is 14.3 Å². The van der Waals surface area contributed by atoms with Crippen molar-refractivity contribution in [3.63, 3.8) is 0 Å². The third-order valence-electron chi connectivity index (χ3n) is 6.09. The summed E-state index contributed by atoms with van der Waals surface area (Å²) in [7, 11) is 3.09. The maximum atomic E-state index is 13.8. The number of carbonyl (C=O) groups is 1. The molecule has 4 aromatic rings. The average molecular weight is 476 g/mol.